The molecule has 6 heteroatoms. The van der Waals surface area contributed by atoms with Crippen LogP contribution in [0.2, 0.25) is 0 Å². The van der Waals surface area contributed by atoms with Gasteiger partial charge in [0, 0.05) is 56.6 Å². The number of fused-ring (bicyclic) bond motifs is 1. The fourth-order valence-corrected chi connectivity index (χ4v) is 5.02. The summed E-state index contributed by atoms with van der Waals surface area (Å²) in [4.78, 5) is 21.9. The number of anilines is 1. The zero-order valence-electron chi connectivity index (χ0n) is 18.6. The second kappa shape index (κ2) is 10.3. The van der Waals surface area contributed by atoms with E-state index in [1.165, 1.54) is 27.7 Å². The number of carbonyl (C=O) groups is 1. The van der Waals surface area contributed by atoms with Gasteiger partial charge in [0.05, 0.1) is 5.69 Å². The van der Waals surface area contributed by atoms with Crippen molar-refractivity contribution in [3.63, 3.8) is 0 Å². The number of thiazole rings is 1. The average Bonchev–Trinajstić information content (AvgIpc) is 3.32. The third kappa shape index (κ3) is 5.66. The molecule has 1 saturated heterocycles. The monoisotopic (exact) mass is 456 g/mol. The lowest BCUT2D eigenvalue weighted by Crippen LogP contribution is -2.46. The standard InChI is InChI=1S/C27H28N4OS/c32-26(29-27-28-25(20-33-27)23-7-2-1-3-8-23)12-13-30-14-16-31(17-15-30)19-21-10-11-22-6-4-5-9-24(22)18-21/h1-11,18,20H,12-17,19H2,(H,28,29,32). The van der Waals surface area contributed by atoms with Gasteiger partial charge in [0.25, 0.3) is 0 Å². The van der Waals surface area contributed by atoms with Crippen LogP contribution >= 0.6 is 11.3 Å². The molecule has 0 atom stereocenters. The van der Waals surface area contributed by atoms with Crippen molar-refractivity contribution in [2.75, 3.05) is 38.0 Å². The molecule has 2 heterocycles. The van der Waals surface area contributed by atoms with Gasteiger partial charge in [0.15, 0.2) is 5.13 Å². The molecular formula is C27H28N4OS. The second-order valence-electron chi connectivity index (χ2n) is 8.50. The van der Waals surface area contributed by atoms with Gasteiger partial charge in [0.1, 0.15) is 0 Å². The van der Waals surface area contributed by atoms with Crippen LogP contribution in [0.4, 0.5) is 5.13 Å². The lowest BCUT2D eigenvalue weighted by Gasteiger charge is -2.34. The van der Waals surface area contributed by atoms with Crippen molar-refractivity contribution in [1.82, 2.24) is 14.8 Å². The van der Waals surface area contributed by atoms with Crippen LogP contribution in [0.5, 0.6) is 0 Å². The Morgan fingerprint density at radius 1 is 0.879 bits per heavy atom. The van der Waals surface area contributed by atoms with E-state index in [0.29, 0.717) is 11.6 Å². The van der Waals surface area contributed by atoms with Gasteiger partial charge in [-0.1, -0.05) is 66.7 Å². The highest BCUT2D eigenvalue weighted by Crippen LogP contribution is 2.24. The number of amides is 1. The molecule has 3 aromatic carbocycles. The van der Waals surface area contributed by atoms with E-state index in [0.717, 1.165) is 50.5 Å². The van der Waals surface area contributed by atoms with Crippen LogP contribution in [0.25, 0.3) is 22.0 Å². The van der Waals surface area contributed by atoms with Crippen molar-refractivity contribution in [3.05, 3.63) is 83.7 Å². The Labute approximate surface area is 198 Å². The summed E-state index contributed by atoms with van der Waals surface area (Å²) in [5.41, 5.74) is 3.33. The molecule has 5 rings (SSSR count). The number of benzene rings is 3. The first-order valence-corrected chi connectivity index (χ1v) is 12.3. The van der Waals surface area contributed by atoms with Gasteiger partial charge >= 0.3 is 0 Å². The van der Waals surface area contributed by atoms with E-state index in [-0.39, 0.29) is 5.91 Å². The van der Waals surface area contributed by atoms with Crippen molar-refractivity contribution in [2.45, 2.75) is 13.0 Å². The van der Waals surface area contributed by atoms with Gasteiger partial charge in [-0.05, 0) is 22.4 Å². The molecule has 0 bridgehead atoms. The summed E-state index contributed by atoms with van der Waals surface area (Å²) < 4.78 is 0. The van der Waals surface area contributed by atoms with Gasteiger partial charge in [0.2, 0.25) is 5.91 Å². The van der Waals surface area contributed by atoms with Crippen molar-refractivity contribution < 1.29 is 4.79 Å². The summed E-state index contributed by atoms with van der Waals surface area (Å²) in [6.45, 7) is 5.81. The fraction of sp³-hybridized carbons (Fsp3) is 0.259. The lowest BCUT2D eigenvalue weighted by atomic mass is 10.1. The van der Waals surface area contributed by atoms with Crippen molar-refractivity contribution in [3.8, 4) is 11.3 Å². The van der Waals surface area contributed by atoms with Crippen molar-refractivity contribution in [2.24, 2.45) is 0 Å². The van der Waals surface area contributed by atoms with Crippen LogP contribution in [-0.4, -0.2) is 53.4 Å². The maximum Gasteiger partial charge on any atom is 0.227 e. The molecular weight excluding hydrogens is 428 g/mol. The third-order valence-electron chi connectivity index (χ3n) is 6.16. The zero-order chi connectivity index (χ0) is 22.5. The van der Waals surface area contributed by atoms with Gasteiger partial charge in [-0.25, -0.2) is 4.98 Å². The van der Waals surface area contributed by atoms with Crippen LogP contribution < -0.4 is 5.32 Å². The number of aromatic nitrogens is 1. The van der Waals surface area contributed by atoms with Gasteiger partial charge in [-0.2, -0.15) is 0 Å². The summed E-state index contributed by atoms with van der Waals surface area (Å²) in [6, 6.07) is 25.3. The maximum atomic E-state index is 12.4. The first-order valence-electron chi connectivity index (χ1n) is 11.5. The summed E-state index contributed by atoms with van der Waals surface area (Å²) >= 11 is 1.47. The minimum atomic E-state index is 0.0301. The number of nitrogens with zero attached hydrogens (tertiary/aromatic N) is 3. The Morgan fingerprint density at radius 3 is 2.42 bits per heavy atom. The number of rotatable bonds is 7. The van der Waals surface area contributed by atoms with E-state index < -0.39 is 0 Å². The number of carbonyl (C=O) groups excluding carboxylic acids is 1. The number of hydrogen-bond donors (Lipinski definition) is 1. The third-order valence-corrected chi connectivity index (χ3v) is 6.92. The molecule has 0 radical (unpaired) electrons. The van der Waals surface area contributed by atoms with Gasteiger partial charge < -0.3 is 10.2 Å². The molecule has 168 valence electrons. The Balaban J connectivity index is 1.05. The molecule has 0 saturated carbocycles. The minimum Gasteiger partial charge on any atom is -0.302 e. The van der Waals surface area contributed by atoms with E-state index >= 15 is 0 Å². The van der Waals surface area contributed by atoms with E-state index in [4.69, 9.17) is 0 Å². The molecule has 1 aliphatic heterocycles. The van der Waals surface area contributed by atoms with Crippen LogP contribution in [0.3, 0.4) is 0 Å². The van der Waals surface area contributed by atoms with E-state index in [9.17, 15) is 4.79 Å². The van der Waals surface area contributed by atoms with Crippen LogP contribution in [-0.2, 0) is 11.3 Å². The number of hydrogen-bond acceptors (Lipinski definition) is 5. The molecule has 4 aromatic rings. The van der Waals surface area contributed by atoms with Crippen LogP contribution in [0, 0.1) is 0 Å². The van der Waals surface area contributed by atoms with Crippen molar-refractivity contribution >= 4 is 33.1 Å². The quantitative estimate of drug-likeness (QED) is 0.420. The molecule has 1 aromatic heterocycles. The summed E-state index contributed by atoms with van der Waals surface area (Å²) in [7, 11) is 0. The Hall–Kier alpha value is -3.06. The lowest BCUT2D eigenvalue weighted by molar-refractivity contribution is -0.116. The molecule has 33 heavy (non-hydrogen) atoms. The van der Waals surface area contributed by atoms with E-state index in [1.54, 1.807) is 0 Å². The molecule has 5 nitrogen and oxygen atoms in total. The molecule has 1 N–H and O–H groups in total. The Kier molecular flexibility index (Phi) is 6.76. The van der Waals surface area contributed by atoms with Gasteiger partial charge in [-0.15, -0.1) is 11.3 Å². The van der Waals surface area contributed by atoms with Crippen molar-refractivity contribution in [1.29, 1.82) is 0 Å². The highest BCUT2D eigenvalue weighted by Gasteiger charge is 2.18. The topological polar surface area (TPSA) is 48.5 Å². The van der Waals surface area contributed by atoms with Crippen LogP contribution in [0.15, 0.2) is 78.2 Å². The molecule has 0 aliphatic carbocycles. The second-order valence-corrected chi connectivity index (χ2v) is 9.36. The average molecular weight is 457 g/mol. The Bertz CT molecular complexity index is 1220. The largest absolute Gasteiger partial charge is 0.302 e. The smallest absolute Gasteiger partial charge is 0.227 e. The first kappa shape index (κ1) is 21.8. The highest BCUT2D eigenvalue weighted by atomic mass is 32.1. The predicted octanol–water partition coefficient (Wildman–Crippen LogP) is 5.11. The molecule has 0 spiro atoms. The molecule has 1 fully saturated rings. The summed E-state index contributed by atoms with van der Waals surface area (Å²) in [5, 5.41) is 8.20. The fourth-order valence-electron chi connectivity index (χ4n) is 4.28. The molecule has 0 unspecified atom stereocenters. The van der Waals surface area contributed by atoms with E-state index in [2.05, 4.69) is 62.6 Å². The normalized spacial score (nSPS) is 15.0. The SMILES string of the molecule is O=C(CCN1CCN(Cc2ccc3ccccc3c2)CC1)Nc1nc(-c2ccccc2)cs1. The van der Waals surface area contributed by atoms with Gasteiger partial charge in [-0.3, -0.25) is 9.69 Å². The maximum absolute atomic E-state index is 12.4. The predicted molar refractivity (Wildman–Crippen MR) is 136 cm³/mol. The molecule has 1 amide bonds. The summed E-state index contributed by atoms with van der Waals surface area (Å²) in [5.74, 6) is 0.0301. The highest BCUT2D eigenvalue weighted by molar-refractivity contribution is 7.14. The van der Waals surface area contributed by atoms with E-state index in [1.807, 2.05) is 35.7 Å². The Morgan fingerprint density at radius 2 is 1.61 bits per heavy atom. The molecule has 1 aliphatic rings. The number of nitrogens with one attached hydrogen (secondary N) is 1. The van der Waals surface area contributed by atoms with Crippen LogP contribution in [0.1, 0.15) is 12.0 Å². The first-order chi connectivity index (χ1) is 16.2. The number of piperazine rings is 1. The summed E-state index contributed by atoms with van der Waals surface area (Å²) in [6.07, 6.45) is 0.491. The zero-order valence-corrected chi connectivity index (χ0v) is 19.4. The minimum absolute atomic E-state index is 0.0301.